The van der Waals surface area contributed by atoms with Crippen molar-refractivity contribution in [1.29, 1.82) is 0 Å². The first-order valence-corrected chi connectivity index (χ1v) is 6.51. The van der Waals surface area contributed by atoms with Crippen LogP contribution >= 0.6 is 27.5 Å². The van der Waals surface area contributed by atoms with Crippen molar-refractivity contribution in [2.75, 3.05) is 0 Å². The largest absolute Gasteiger partial charge is 0.484 e. The molecule has 0 amide bonds. The fourth-order valence-electron chi connectivity index (χ4n) is 1.41. The zero-order chi connectivity index (χ0) is 12.3. The molecule has 1 aromatic heterocycles. The number of ether oxygens (including phenoxy) is 1. The van der Waals surface area contributed by atoms with E-state index in [0.29, 0.717) is 22.7 Å². The summed E-state index contributed by atoms with van der Waals surface area (Å²) in [7, 11) is 1.82. The van der Waals surface area contributed by atoms with E-state index in [0.717, 1.165) is 11.4 Å². The first-order chi connectivity index (χ1) is 8.22. The highest BCUT2D eigenvalue weighted by atomic mass is 79.9. The van der Waals surface area contributed by atoms with Gasteiger partial charge in [-0.1, -0.05) is 39.7 Å². The van der Waals surface area contributed by atoms with E-state index in [9.17, 15) is 0 Å². The SMILES string of the molecule is Cn1ncnc1COc1c(Cl)cccc1CBr. The van der Waals surface area contributed by atoms with Gasteiger partial charge in [-0.05, 0) is 6.07 Å². The molecule has 0 bridgehead atoms. The maximum atomic E-state index is 6.10. The van der Waals surface area contributed by atoms with Crippen LogP contribution in [0.25, 0.3) is 0 Å². The Kier molecular flexibility index (Phi) is 4.02. The van der Waals surface area contributed by atoms with Crippen molar-refractivity contribution in [3.63, 3.8) is 0 Å². The lowest BCUT2D eigenvalue weighted by molar-refractivity contribution is 0.288. The van der Waals surface area contributed by atoms with Gasteiger partial charge in [0.25, 0.3) is 0 Å². The molecule has 0 unspecified atom stereocenters. The van der Waals surface area contributed by atoms with Gasteiger partial charge in [0.05, 0.1) is 5.02 Å². The highest BCUT2D eigenvalue weighted by Crippen LogP contribution is 2.30. The molecule has 1 aromatic carbocycles. The number of hydrogen-bond donors (Lipinski definition) is 0. The van der Waals surface area contributed by atoms with Crippen molar-refractivity contribution in [2.24, 2.45) is 7.05 Å². The van der Waals surface area contributed by atoms with Gasteiger partial charge in [-0.2, -0.15) is 5.10 Å². The van der Waals surface area contributed by atoms with E-state index in [1.807, 2.05) is 19.2 Å². The van der Waals surface area contributed by atoms with Crippen molar-refractivity contribution in [3.8, 4) is 5.75 Å². The molecule has 2 rings (SSSR count). The lowest BCUT2D eigenvalue weighted by atomic mass is 10.2. The predicted octanol–water partition coefficient (Wildman–Crippen LogP) is 2.94. The molecule has 4 nitrogen and oxygen atoms in total. The number of hydrogen-bond acceptors (Lipinski definition) is 3. The molecule has 0 N–H and O–H groups in total. The van der Waals surface area contributed by atoms with Crippen molar-refractivity contribution in [2.45, 2.75) is 11.9 Å². The molecular weight excluding hydrogens is 305 g/mol. The standard InChI is InChI=1S/C11H11BrClN3O/c1-16-10(14-7-15-16)6-17-11-8(5-12)3-2-4-9(11)13/h2-4,7H,5-6H2,1H3. The second-order valence-corrected chi connectivity index (χ2v) is 4.42. The van der Waals surface area contributed by atoms with Gasteiger partial charge < -0.3 is 4.74 Å². The second-order valence-electron chi connectivity index (χ2n) is 3.45. The summed E-state index contributed by atoms with van der Waals surface area (Å²) in [6, 6.07) is 5.67. The number of para-hydroxylation sites is 1. The molecule has 0 aliphatic rings. The van der Waals surface area contributed by atoms with Crippen LogP contribution < -0.4 is 4.74 Å². The summed E-state index contributed by atoms with van der Waals surface area (Å²) in [5, 5.41) is 5.27. The first-order valence-electron chi connectivity index (χ1n) is 5.01. The second kappa shape index (κ2) is 5.51. The third-order valence-electron chi connectivity index (χ3n) is 2.34. The number of halogens is 2. The Hall–Kier alpha value is -1.07. The van der Waals surface area contributed by atoms with Crippen LogP contribution in [-0.2, 0) is 19.0 Å². The zero-order valence-electron chi connectivity index (χ0n) is 9.23. The van der Waals surface area contributed by atoms with Gasteiger partial charge in [0, 0.05) is 17.9 Å². The number of rotatable bonds is 4. The zero-order valence-corrected chi connectivity index (χ0v) is 11.6. The van der Waals surface area contributed by atoms with Crippen LogP contribution in [0.15, 0.2) is 24.5 Å². The van der Waals surface area contributed by atoms with Crippen molar-refractivity contribution in [1.82, 2.24) is 14.8 Å². The molecule has 2 aromatic rings. The van der Waals surface area contributed by atoms with Crippen molar-refractivity contribution >= 4 is 27.5 Å². The number of benzene rings is 1. The molecule has 0 aliphatic carbocycles. The lowest BCUT2D eigenvalue weighted by Crippen LogP contribution is -2.05. The van der Waals surface area contributed by atoms with E-state index >= 15 is 0 Å². The molecule has 0 aliphatic heterocycles. The molecule has 0 saturated heterocycles. The summed E-state index contributed by atoms with van der Waals surface area (Å²) in [4.78, 5) is 4.09. The van der Waals surface area contributed by atoms with Gasteiger partial charge in [0.2, 0.25) is 0 Å². The van der Waals surface area contributed by atoms with E-state index in [2.05, 4.69) is 26.0 Å². The van der Waals surface area contributed by atoms with E-state index in [1.54, 1.807) is 10.7 Å². The molecule has 0 saturated carbocycles. The molecule has 17 heavy (non-hydrogen) atoms. The summed E-state index contributed by atoms with van der Waals surface area (Å²) < 4.78 is 7.37. The summed E-state index contributed by atoms with van der Waals surface area (Å²) in [6.45, 7) is 0.347. The van der Waals surface area contributed by atoms with Crippen LogP contribution in [0.4, 0.5) is 0 Å². The third-order valence-corrected chi connectivity index (χ3v) is 3.24. The number of nitrogens with zero attached hydrogens (tertiary/aromatic N) is 3. The predicted molar refractivity (Wildman–Crippen MR) is 69.4 cm³/mol. The smallest absolute Gasteiger partial charge is 0.164 e. The number of aryl methyl sites for hydroxylation is 1. The van der Waals surface area contributed by atoms with E-state index < -0.39 is 0 Å². The van der Waals surface area contributed by atoms with Gasteiger partial charge in [-0.25, -0.2) is 4.98 Å². The van der Waals surface area contributed by atoms with Crippen LogP contribution in [-0.4, -0.2) is 14.8 Å². The lowest BCUT2D eigenvalue weighted by Gasteiger charge is -2.11. The molecule has 0 fully saturated rings. The minimum atomic E-state index is 0.347. The topological polar surface area (TPSA) is 39.9 Å². The minimum Gasteiger partial charge on any atom is -0.484 e. The van der Waals surface area contributed by atoms with E-state index in [1.165, 1.54) is 6.33 Å². The molecular formula is C11H11BrClN3O. The van der Waals surface area contributed by atoms with Crippen LogP contribution in [0.1, 0.15) is 11.4 Å². The highest BCUT2D eigenvalue weighted by molar-refractivity contribution is 9.08. The van der Waals surface area contributed by atoms with E-state index in [4.69, 9.17) is 16.3 Å². The summed E-state index contributed by atoms with van der Waals surface area (Å²) in [5.41, 5.74) is 1.01. The Morgan fingerprint density at radius 3 is 2.94 bits per heavy atom. The highest BCUT2D eigenvalue weighted by Gasteiger charge is 2.09. The quantitative estimate of drug-likeness (QED) is 0.814. The molecule has 1 heterocycles. The molecule has 0 spiro atoms. The van der Waals surface area contributed by atoms with Gasteiger partial charge in [0.15, 0.2) is 5.82 Å². The summed E-state index contributed by atoms with van der Waals surface area (Å²) >= 11 is 9.50. The Balaban J connectivity index is 2.16. The van der Waals surface area contributed by atoms with E-state index in [-0.39, 0.29) is 0 Å². The van der Waals surface area contributed by atoms with Crippen molar-refractivity contribution in [3.05, 3.63) is 40.9 Å². The molecule has 6 heteroatoms. The van der Waals surface area contributed by atoms with Crippen LogP contribution in [0, 0.1) is 0 Å². The Labute approximate surface area is 113 Å². The normalized spacial score (nSPS) is 10.5. The summed E-state index contributed by atoms with van der Waals surface area (Å²) in [6.07, 6.45) is 1.50. The van der Waals surface area contributed by atoms with Crippen LogP contribution in [0.5, 0.6) is 5.75 Å². The molecule has 0 radical (unpaired) electrons. The Morgan fingerprint density at radius 2 is 2.29 bits per heavy atom. The monoisotopic (exact) mass is 315 g/mol. The van der Waals surface area contributed by atoms with Gasteiger partial charge >= 0.3 is 0 Å². The fourth-order valence-corrected chi connectivity index (χ4v) is 2.10. The van der Waals surface area contributed by atoms with Gasteiger partial charge in [-0.15, -0.1) is 0 Å². The third kappa shape index (κ3) is 2.79. The Bertz CT molecular complexity index is 515. The molecule has 0 atom stereocenters. The van der Waals surface area contributed by atoms with Crippen LogP contribution in [0.2, 0.25) is 5.02 Å². The maximum Gasteiger partial charge on any atom is 0.164 e. The van der Waals surface area contributed by atoms with Gasteiger partial charge in [0.1, 0.15) is 18.7 Å². The summed E-state index contributed by atoms with van der Waals surface area (Å²) in [5.74, 6) is 1.44. The first kappa shape index (κ1) is 12.4. The maximum absolute atomic E-state index is 6.10. The fraction of sp³-hybridized carbons (Fsp3) is 0.273. The van der Waals surface area contributed by atoms with Gasteiger partial charge in [-0.3, -0.25) is 4.68 Å². The van der Waals surface area contributed by atoms with Crippen LogP contribution in [0.3, 0.4) is 0 Å². The number of aromatic nitrogens is 3. The average Bonchev–Trinajstić information content (AvgIpc) is 2.73. The van der Waals surface area contributed by atoms with Crippen molar-refractivity contribution < 1.29 is 4.74 Å². The molecule has 90 valence electrons. The number of alkyl halides is 1. The average molecular weight is 317 g/mol. The Morgan fingerprint density at radius 1 is 1.47 bits per heavy atom. The minimum absolute atomic E-state index is 0.347.